The molecule has 0 saturated carbocycles. The maximum Gasteiger partial charge on any atom is 0.121 e. The minimum Gasteiger partial charge on any atom is -0.384 e. The number of nitrogen functional groups attached to an aromatic ring is 1. The topological polar surface area (TPSA) is 43.8 Å². The predicted molar refractivity (Wildman–Crippen MR) is 53.4 cm³/mol. The van der Waals surface area contributed by atoms with Crippen molar-refractivity contribution in [2.45, 2.75) is 25.2 Å². The summed E-state index contributed by atoms with van der Waals surface area (Å²) in [6.45, 7) is 0. The van der Waals surface area contributed by atoms with Gasteiger partial charge in [0.2, 0.25) is 0 Å². The molecular weight excluding hydrogens is 162 g/mol. The Morgan fingerprint density at radius 1 is 1.54 bits per heavy atom. The first-order chi connectivity index (χ1) is 6.27. The van der Waals surface area contributed by atoms with Crippen molar-refractivity contribution in [3.63, 3.8) is 0 Å². The SMILES string of the molecule is Cn1nc(C2CC=CCC2)cc1N. The average molecular weight is 177 g/mol. The van der Waals surface area contributed by atoms with Crippen LogP contribution in [0.25, 0.3) is 0 Å². The maximum atomic E-state index is 5.73. The van der Waals surface area contributed by atoms with Crippen LogP contribution in [0.2, 0.25) is 0 Å². The van der Waals surface area contributed by atoms with Gasteiger partial charge in [0, 0.05) is 19.0 Å². The highest BCUT2D eigenvalue weighted by molar-refractivity contribution is 5.32. The van der Waals surface area contributed by atoms with Crippen LogP contribution in [-0.4, -0.2) is 9.78 Å². The van der Waals surface area contributed by atoms with Gasteiger partial charge in [-0.05, 0) is 19.3 Å². The zero-order chi connectivity index (χ0) is 9.26. The summed E-state index contributed by atoms with van der Waals surface area (Å²) in [6.07, 6.45) is 7.95. The molecule has 0 fully saturated rings. The van der Waals surface area contributed by atoms with E-state index in [0.717, 1.165) is 17.9 Å². The number of nitrogens with zero attached hydrogens (tertiary/aromatic N) is 2. The lowest BCUT2D eigenvalue weighted by molar-refractivity contribution is 0.586. The lowest BCUT2D eigenvalue weighted by atomic mass is 9.92. The van der Waals surface area contributed by atoms with E-state index in [9.17, 15) is 0 Å². The van der Waals surface area contributed by atoms with Crippen LogP contribution in [0, 0.1) is 0 Å². The summed E-state index contributed by atoms with van der Waals surface area (Å²) in [4.78, 5) is 0. The van der Waals surface area contributed by atoms with Crippen molar-refractivity contribution < 1.29 is 0 Å². The van der Waals surface area contributed by atoms with Gasteiger partial charge in [-0.2, -0.15) is 5.10 Å². The van der Waals surface area contributed by atoms with Crippen molar-refractivity contribution in [2.24, 2.45) is 7.05 Å². The van der Waals surface area contributed by atoms with Crippen LogP contribution >= 0.6 is 0 Å². The van der Waals surface area contributed by atoms with Gasteiger partial charge in [-0.15, -0.1) is 0 Å². The Kier molecular flexibility index (Phi) is 2.08. The zero-order valence-electron chi connectivity index (χ0n) is 7.90. The summed E-state index contributed by atoms with van der Waals surface area (Å²) in [5.74, 6) is 1.33. The van der Waals surface area contributed by atoms with Crippen molar-refractivity contribution in [3.8, 4) is 0 Å². The molecule has 2 rings (SSSR count). The smallest absolute Gasteiger partial charge is 0.121 e. The first-order valence-electron chi connectivity index (χ1n) is 4.72. The van der Waals surface area contributed by atoms with Crippen molar-refractivity contribution in [2.75, 3.05) is 5.73 Å². The molecule has 2 N–H and O–H groups in total. The van der Waals surface area contributed by atoms with Gasteiger partial charge in [-0.25, -0.2) is 0 Å². The molecule has 1 unspecified atom stereocenters. The molecule has 1 aromatic heterocycles. The molecule has 0 amide bonds. The highest BCUT2D eigenvalue weighted by Crippen LogP contribution is 2.28. The second kappa shape index (κ2) is 3.24. The Balaban J connectivity index is 2.20. The van der Waals surface area contributed by atoms with Gasteiger partial charge in [0.15, 0.2) is 0 Å². The summed E-state index contributed by atoms with van der Waals surface area (Å²) in [7, 11) is 1.89. The fourth-order valence-corrected chi connectivity index (χ4v) is 1.77. The van der Waals surface area contributed by atoms with E-state index in [4.69, 9.17) is 5.73 Å². The van der Waals surface area contributed by atoms with Gasteiger partial charge in [0.1, 0.15) is 5.82 Å². The van der Waals surface area contributed by atoms with Crippen LogP contribution in [0.15, 0.2) is 18.2 Å². The number of allylic oxidation sites excluding steroid dienone is 2. The van der Waals surface area contributed by atoms with Gasteiger partial charge >= 0.3 is 0 Å². The Bertz CT molecular complexity index is 305. The monoisotopic (exact) mass is 177 g/mol. The molecule has 3 heteroatoms. The highest BCUT2D eigenvalue weighted by atomic mass is 15.3. The summed E-state index contributed by atoms with van der Waals surface area (Å²) in [5, 5.41) is 4.39. The van der Waals surface area contributed by atoms with Crippen LogP contribution in [-0.2, 0) is 7.05 Å². The number of hydrogen-bond acceptors (Lipinski definition) is 2. The Labute approximate surface area is 78.2 Å². The quantitative estimate of drug-likeness (QED) is 0.665. The molecule has 0 saturated heterocycles. The van der Waals surface area contributed by atoms with Gasteiger partial charge in [-0.1, -0.05) is 12.2 Å². The number of rotatable bonds is 1. The van der Waals surface area contributed by atoms with E-state index in [1.54, 1.807) is 4.68 Å². The third kappa shape index (κ3) is 1.59. The predicted octanol–water partition coefficient (Wildman–Crippen LogP) is 1.83. The number of anilines is 1. The van der Waals surface area contributed by atoms with Gasteiger partial charge in [0.05, 0.1) is 5.69 Å². The molecule has 13 heavy (non-hydrogen) atoms. The first-order valence-corrected chi connectivity index (χ1v) is 4.72. The molecule has 70 valence electrons. The minimum absolute atomic E-state index is 0.577. The largest absolute Gasteiger partial charge is 0.384 e. The lowest BCUT2D eigenvalue weighted by Gasteiger charge is -2.14. The number of hydrogen-bond donors (Lipinski definition) is 1. The Morgan fingerprint density at radius 3 is 2.92 bits per heavy atom. The summed E-state index contributed by atoms with van der Waals surface area (Å²) < 4.78 is 1.74. The second-order valence-electron chi connectivity index (χ2n) is 3.60. The van der Waals surface area contributed by atoms with Crippen molar-refractivity contribution in [1.82, 2.24) is 9.78 Å². The van der Waals surface area contributed by atoms with E-state index < -0.39 is 0 Å². The van der Waals surface area contributed by atoms with E-state index in [1.807, 2.05) is 13.1 Å². The molecule has 1 aromatic rings. The molecule has 0 radical (unpaired) electrons. The lowest BCUT2D eigenvalue weighted by Crippen LogP contribution is -2.02. The Hall–Kier alpha value is -1.25. The molecule has 0 aliphatic heterocycles. The van der Waals surface area contributed by atoms with Gasteiger partial charge < -0.3 is 5.73 Å². The zero-order valence-corrected chi connectivity index (χ0v) is 7.90. The number of aryl methyl sites for hydroxylation is 1. The second-order valence-corrected chi connectivity index (χ2v) is 3.60. The molecule has 1 atom stereocenters. The highest BCUT2D eigenvalue weighted by Gasteiger charge is 2.15. The summed E-state index contributed by atoms with van der Waals surface area (Å²) >= 11 is 0. The summed E-state index contributed by atoms with van der Waals surface area (Å²) in [5.41, 5.74) is 6.87. The van der Waals surface area contributed by atoms with E-state index in [-0.39, 0.29) is 0 Å². The van der Waals surface area contributed by atoms with Crippen molar-refractivity contribution in [1.29, 1.82) is 0 Å². The van der Waals surface area contributed by atoms with Gasteiger partial charge in [0.25, 0.3) is 0 Å². The maximum absolute atomic E-state index is 5.73. The molecule has 1 heterocycles. The molecule has 0 spiro atoms. The van der Waals surface area contributed by atoms with E-state index in [0.29, 0.717) is 5.92 Å². The first kappa shape index (κ1) is 8.35. The standard InChI is InChI=1S/C10H15N3/c1-13-10(11)7-9(12-13)8-5-3-2-4-6-8/h2-3,7-8H,4-6,11H2,1H3. The fraction of sp³-hybridized carbons (Fsp3) is 0.500. The van der Waals surface area contributed by atoms with Crippen molar-refractivity contribution >= 4 is 5.82 Å². The summed E-state index contributed by atoms with van der Waals surface area (Å²) in [6, 6.07) is 1.99. The molecule has 0 bridgehead atoms. The fourth-order valence-electron chi connectivity index (χ4n) is 1.77. The number of nitrogens with two attached hydrogens (primary N) is 1. The molecule has 1 aliphatic rings. The van der Waals surface area contributed by atoms with Crippen LogP contribution in [0.5, 0.6) is 0 Å². The third-order valence-electron chi connectivity index (χ3n) is 2.62. The van der Waals surface area contributed by atoms with E-state index in [1.165, 1.54) is 12.8 Å². The molecule has 1 aliphatic carbocycles. The van der Waals surface area contributed by atoms with Crippen molar-refractivity contribution in [3.05, 3.63) is 23.9 Å². The van der Waals surface area contributed by atoms with Gasteiger partial charge in [-0.3, -0.25) is 4.68 Å². The van der Waals surface area contributed by atoms with Crippen LogP contribution in [0.4, 0.5) is 5.82 Å². The molecular formula is C10H15N3. The minimum atomic E-state index is 0.577. The normalized spacial score (nSPS) is 22.1. The number of aromatic nitrogens is 2. The van der Waals surface area contributed by atoms with Crippen LogP contribution in [0.1, 0.15) is 30.9 Å². The van der Waals surface area contributed by atoms with E-state index >= 15 is 0 Å². The van der Waals surface area contributed by atoms with E-state index in [2.05, 4.69) is 17.3 Å². The molecule has 0 aromatic carbocycles. The van der Waals surface area contributed by atoms with Crippen LogP contribution in [0.3, 0.4) is 0 Å². The van der Waals surface area contributed by atoms with Crippen LogP contribution < -0.4 is 5.73 Å². The third-order valence-corrected chi connectivity index (χ3v) is 2.62. The Morgan fingerprint density at radius 2 is 2.38 bits per heavy atom. The molecule has 3 nitrogen and oxygen atoms in total. The average Bonchev–Trinajstić information content (AvgIpc) is 2.49.